The van der Waals surface area contributed by atoms with Crippen molar-refractivity contribution in [2.75, 3.05) is 32.0 Å². The third-order valence-electron chi connectivity index (χ3n) is 3.48. The van der Waals surface area contributed by atoms with Crippen LogP contribution in [-0.2, 0) is 9.84 Å². The van der Waals surface area contributed by atoms with Gasteiger partial charge in [-0.3, -0.25) is 0 Å². The van der Waals surface area contributed by atoms with Crippen molar-refractivity contribution in [2.45, 2.75) is 38.4 Å². The molecule has 1 saturated heterocycles. The molecule has 1 rings (SSSR count). The summed E-state index contributed by atoms with van der Waals surface area (Å²) in [6.07, 6.45) is 2.91. The largest absolute Gasteiger partial charge is 0.396 e. The van der Waals surface area contributed by atoms with Gasteiger partial charge in [0, 0.05) is 13.2 Å². The Morgan fingerprint density at radius 3 is 2.71 bits per heavy atom. The lowest BCUT2D eigenvalue weighted by atomic mass is 9.99. The molecule has 1 atom stereocenters. The van der Waals surface area contributed by atoms with Crippen LogP contribution in [0.3, 0.4) is 0 Å². The monoisotopic (exact) mass is 263 g/mol. The quantitative estimate of drug-likeness (QED) is 0.774. The molecule has 102 valence electrons. The molecule has 1 heterocycles. The van der Waals surface area contributed by atoms with E-state index >= 15 is 0 Å². The van der Waals surface area contributed by atoms with E-state index in [-0.39, 0.29) is 17.6 Å². The predicted molar refractivity (Wildman–Crippen MR) is 69.8 cm³/mol. The number of aliphatic hydroxyl groups excluding tert-OH is 1. The van der Waals surface area contributed by atoms with E-state index in [0.717, 1.165) is 32.5 Å². The Hall–Kier alpha value is -0.130. The highest BCUT2D eigenvalue weighted by atomic mass is 32.2. The number of nitrogens with zero attached hydrogens (tertiary/aromatic N) is 1. The molecule has 0 aromatic heterocycles. The SMILES string of the molecule is CC(C)S(=O)(=O)CCCN1CCCC(CO)C1. The average Bonchev–Trinajstić information content (AvgIpc) is 2.29. The number of aliphatic hydroxyl groups is 1. The molecule has 1 fully saturated rings. The fraction of sp³-hybridized carbons (Fsp3) is 1.00. The van der Waals surface area contributed by atoms with Crippen LogP contribution >= 0.6 is 0 Å². The van der Waals surface area contributed by atoms with Crippen LogP contribution < -0.4 is 0 Å². The zero-order valence-electron chi connectivity index (χ0n) is 10.9. The van der Waals surface area contributed by atoms with Crippen LogP contribution in [0, 0.1) is 5.92 Å². The first kappa shape index (κ1) is 14.9. The number of likely N-dealkylation sites (tertiary alicyclic amines) is 1. The maximum atomic E-state index is 11.6. The fourth-order valence-corrected chi connectivity index (χ4v) is 3.23. The first-order chi connectivity index (χ1) is 7.95. The van der Waals surface area contributed by atoms with Crippen LogP contribution in [-0.4, -0.2) is 55.7 Å². The maximum Gasteiger partial charge on any atom is 0.152 e. The zero-order valence-corrected chi connectivity index (χ0v) is 11.7. The van der Waals surface area contributed by atoms with E-state index < -0.39 is 9.84 Å². The average molecular weight is 263 g/mol. The third-order valence-corrected chi connectivity index (χ3v) is 5.78. The van der Waals surface area contributed by atoms with Gasteiger partial charge in [-0.2, -0.15) is 0 Å². The lowest BCUT2D eigenvalue weighted by molar-refractivity contribution is 0.121. The van der Waals surface area contributed by atoms with Crippen molar-refractivity contribution >= 4 is 9.84 Å². The van der Waals surface area contributed by atoms with Gasteiger partial charge >= 0.3 is 0 Å². The Morgan fingerprint density at radius 1 is 1.41 bits per heavy atom. The van der Waals surface area contributed by atoms with Crippen molar-refractivity contribution in [1.29, 1.82) is 0 Å². The van der Waals surface area contributed by atoms with Gasteiger partial charge in [-0.05, 0) is 52.1 Å². The van der Waals surface area contributed by atoms with Crippen LogP contribution in [0.25, 0.3) is 0 Å². The van der Waals surface area contributed by atoms with Gasteiger partial charge in [0.25, 0.3) is 0 Å². The predicted octanol–water partition coefficient (Wildman–Crippen LogP) is 0.904. The molecular formula is C12H25NO3S. The Morgan fingerprint density at radius 2 is 2.12 bits per heavy atom. The van der Waals surface area contributed by atoms with Crippen molar-refractivity contribution < 1.29 is 13.5 Å². The molecule has 1 N–H and O–H groups in total. The Bertz CT molecular complexity index is 314. The highest BCUT2D eigenvalue weighted by molar-refractivity contribution is 7.91. The third kappa shape index (κ3) is 4.94. The first-order valence-electron chi connectivity index (χ1n) is 6.50. The van der Waals surface area contributed by atoms with E-state index in [4.69, 9.17) is 5.11 Å². The van der Waals surface area contributed by atoms with Crippen LogP contribution in [0.2, 0.25) is 0 Å². The Kier molecular flexibility index (Phi) is 5.89. The van der Waals surface area contributed by atoms with Gasteiger partial charge in [-0.15, -0.1) is 0 Å². The van der Waals surface area contributed by atoms with Gasteiger partial charge in [0.15, 0.2) is 9.84 Å². The van der Waals surface area contributed by atoms with E-state index in [1.165, 1.54) is 0 Å². The van der Waals surface area contributed by atoms with Gasteiger partial charge < -0.3 is 10.0 Å². The fourth-order valence-electron chi connectivity index (χ4n) is 2.23. The highest BCUT2D eigenvalue weighted by Crippen LogP contribution is 2.16. The number of hydrogen-bond donors (Lipinski definition) is 1. The summed E-state index contributed by atoms with van der Waals surface area (Å²) >= 11 is 0. The van der Waals surface area contributed by atoms with E-state index in [9.17, 15) is 8.42 Å². The van der Waals surface area contributed by atoms with Crippen molar-refractivity contribution in [1.82, 2.24) is 4.90 Å². The second-order valence-corrected chi connectivity index (χ2v) is 7.94. The van der Waals surface area contributed by atoms with Gasteiger partial charge in [-0.1, -0.05) is 0 Å². The summed E-state index contributed by atoms with van der Waals surface area (Å²) in [6, 6.07) is 0. The van der Waals surface area contributed by atoms with Gasteiger partial charge in [0.2, 0.25) is 0 Å². The summed E-state index contributed by atoms with van der Waals surface area (Å²) < 4.78 is 23.3. The molecule has 0 spiro atoms. The molecule has 1 unspecified atom stereocenters. The van der Waals surface area contributed by atoms with Crippen LogP contribution in [0.15, 0.2) is 0 Å². The van der Waals surface area contributed by atoms with E-state index in [2.05, 4.69) is 4.90 Å². The van der Waals surface area contributed by atoms with E-state index in [1.807, 2.05) is 0 Å². The Balaban J connectivity index is 2.27. The molecule has 4 nitrogen and oxygen atoms in total. The Labute approximate surface area is 105 Å². The number of hydrogen-bond acceptors (Lipinski definition) is 4. The topological polar surface area (TPSA) is 57.6 Å². The highest BCUT2D eigenvalue weighted by Gasteiger charge is 2.20. The minimum Gasteiger partial charge on any atom is -0.396 e. The van der Waals surface area contributed by atoms with Crippen LogP contribution in [0.1, 0.15) is 33.1 Å². The van der Waals surface area contributed by atoms with Crippen LogP contribution in [0.5, 0.6) is 0 Å². The minimum atomic E-state index is -2.89. The van der Waals surface area contributed by atoms with Crippen molar-refractivity contribution in [3.8, 4) is 0 Å². The van der Waals surface area contributed by atoms with Gasteiger partial charge in [0.05, 0.1) is 11.0 Å². The molecule has 0 radical (unpaired) electrons. The molecule has 5 heteroatoms. The second-order valence-electron chi connectivity index (χ2n) is 5.26. The second kappa shape index (κ2) is 6.71. The zero-order chi connectivity index (χ0) is 12.9. The molecular weight excluding hydrogens is 238 g/mol. The summed E-state index contributed by atoms with van der Waals surface area (Å²) in [4.78, 5) is 2.28. The lowest BCUT2D eigenvalue weighted by Crippen LogP contribution is -2.38. The molecule has 0 bridgehead atoms. The molecule has 17 heavy (non-hydrogen) atoms. The van der Waals surface area contributed by atoms with Gasteiger partial charge in [-0.25, -0.2) is 8.42 Å². The molecule has 0 aromatic rings. The minimum absolute atomic E-state index is 0.251. The van der Waals surface area contributed by atoms with Gasteiger partial charge in [0.1, 0.15) is 0 Å². The number of rotatable bonds is 6. The molecule has 0 amide bonds. The van der Waals surface area contributed by atoms with Crippen molar-refractivity contribution in [2.24, 2.45) is 5.92 Å². The normalized spacial score (nSPS) is 23.2. The summed E-state index contributed by atoms with van der Waals surface area (Å²) in [5.74, 6) is 0.663. The lowest BCUT2D eigenvalue weighted by Gasteiger charge is -2.31. The van der Waals surface area contributed by atoms with E-state index in [1.54, 1.807) is 13.8 Å². The summed E-state index contributed by atoms with van der Waals surface area (Å²) in [5, 5.41) is 8.84. The summed E-state index contributed by atoms with van der Waals surface area (Å²) in [5.41, 5.74) is 0. The van der Waals surface area contributed by atoms with Crippen LogP contribution in [0.4, 0.5) is 0 Å². The van der Waals surface area contributed by atoms with Crippen molar-refractivity contribution in [3.05, 3.63) is 0 Å². The summed E-state index contributed by atoms with van der Waals surface area (Å²) in [7, 11) is -2.89. The summed E-state index contributed by atoms with van der Waals surface area (Å²) in [6.45, 7) is 6.51. The standard InChI is InChI=1S/C12H25NO3S/c1-11(2)17(15,16)8-4-7-13-6-3-5-12(9-13)10-14/h11-12,14H,3-10H2,1-2H3. The first-order valence-corrected chi connectivity index (χ1v) is 8.22. The molecule has 0 aliphatic carbocycles. The van der Waals surface area contributed by atoms with E-state index in [0.29, 0.717) is 12.3 Å². The molecule has 1 aliphatic heterocycles. The van der Waals surface area contributed by atoms with Crippen molar-refractivity contribution in [3.63, 3.8) is 0 Å². The molecule has 1 aliphatic rings. The smallest absolute Gasteiger partial charge is 0.152 e. The molecule has 0 saturated carbocycles. The number of sulfone groups is 1. The molecule has 0 aromatic carbocycles. The number of piperidine rings is 1. The maximum absolute atomic E-state index is 11.6.